The Kier molecular flexibility index (Phi) is 2.88. The molecule has 1 aromatic heterocycles. The van der Waals surface area contributed by atoms with Crippen molar-refractivity contribution in [1.82, 2.24) is 4.57 Å². The molecule has 0 aliphatic heterocycles. The van der Waals surface area contributed by atoms with Crippen LogP contribution in [-0.2, 0) is 13.1 Å². The molecule has 1 heterocycles. The van der Waals surface area contributed by atoms with Gasteiger partial charge in [-0.2, -0.15) is 0 Å². The molecule has 0 bridgehead atoms. The smallest absolute Gasteiger partial charge is 0.0525 e. The van der Waals surface area contributed by atoms with Gasteiger partial charge in [0.15, 0.2) is 0 Å². The zero-order valence-electron chi connectivity index (χ0n) is 8.82. The number of nitrogens with two attached hydrogens (primary N) is 1. The first-order chi connectivity index (χ1) is 7.36. The lowest BCUT2D eigenvalue weighted by Crippen LogP contribution is -2.02. The molecular weight excluding hydrogens is 184 g/mol. The Hall–Kier alpha value is -1.54. The largest absolute Gasteiger partial charge is 0.347 e. The van der Waals surface area contributed by atoms with Gasteiger partial charge in [0.2, 0.25) is 0 Å². The molecule has 1 aromatic carbocycles. The SMILES string of the molecule is C=CCCn1ccc2cccc(CN)c21. The van der Waals surface area contributed by atoms with E-state index in [1.807, 2.05) is 6.08 Å². The molecule has 0 aliphatic carbocycles. The summed E-state index contributed by atoms with van der Waals surface area (Å²) in [6.07, 6.45) is 5.05. The fourth-order valence-electron chi connectivity index (χ4n) is 1.92. The minimum atomic E-state index is 0.593. The van der Waals surface area contributed by atoms with Crippen molar-refractivity contribution >= 4 is 10.9 Å². The van der Waals surface area contributed by atoms with Crippen LogP contribution in [0.5, 0.6) is 0 Å². The van der Waals surface area contributed by atoms with Gasteiger partial charge in [-0.3, -0.25) is 0 Å². The van der Waals surface area contributed by atoms with Crippen LogP contribution in [-0.4, -0.2) is 4.57 Å². The van der Waals surface area contributed by atoms with Gasteiger partial charge in [0.25, 0.3) is 0 Å². The average molecular weight is 200 g/mol. The summed E-state index contributed by atoms with van der Waals surface area (Å²) in [5, 5.41) is 1.27. The summed E-state index contributed by atoms with van der Waals surface area (Å²) in [7, 11) is 0. The molecule has 0 spiro atoms. The van der Waals surface area contributed by atoms with E-state index in [2.05, 4.69) is 41.6 Å². The molecule has 0 saturated carbocycles. The van der Waals surface area contributed by atoms with Gasteiger partial charge >= 0.3 is 0 Å². The van der Waals surface area contributed by atoms with Crippen LogP contribution in [0, 0.1) is 0 Å². The van der Waals surface area contributed by atoms with E-state index in [0.717, 1.165) is 13.0 Å². The van der Waals surface area contributed by atoms with Gasteiger partial charge in [-0.05, 0) is 23.4 Å². The van der Waals surface area contributed by atoms with E-state index in [1.165, 1.54) is 16.5 Å². The number of hydrogen-bond donors (Lipinski definition) is 1. The molecule has 2 aromatic rings. The highest BCUT2D eigenvalue weighted by molar-refractivity contribution is 5.83. The van der Waals surface area contributed by atoms with E-state index in [4.69, 9.17) is 5.73 Å². The van der Waals surface area contributed by atoms with Gasteiger partial charge < -0.3 is 10.3 Å². The van der Waals surface area contributed by atoms with Crippen molar-refractivity contribution in [3.05, 3.63) is 48.7 Å². The summed E-state index contributed by atoms with van der Waals surface area (Å²) in [4.78, 5) is 0. The third-order valence-electron chi connectivity index (χ3n) is 2.67. The monoisotopic (exact) mass is 200 g/mol. The molecule has 0 saturated heterocycles. The summed E-state index contributed by atoms with van der Waals surface area (Å²) in [5.74, 6) is 0. The van der Waals surface area contributed by atoms with E-state index in [-0.39, 0.29) is 0 Å². The van der Waals surface area contributed by atoms with Crippen LogP contribution in [0.4, 0.5) is 0 Å². The molecule has 2 nitrogen and oxygen atoms in total. The second-order valence-corrected chi connectivity index (χ2v) is 3.65. The van der Waals surface area contributed by atoms with Crippen LogP contribution in [0.3, 0.4) is 0 Å². The zero-order chi connectivity index (χ0) is 10.7. The molecular formula is C13H16N2. The topological polar surface area (TPSA) is 30.9 Å². The predicted molar refractivity (Wildman–Crippen MR) is 64.6 cm³/mol. The van der Waals surface area contributed by atoms with Gasteiger partial charge in [-0.1, -0.05) is 24.3 Å². The third kappa shape index (κ3) is 1.81. The lowest BCUT2D eigenvalue weighted by Gasteiger charge is -2.07. The molecule has 0 amide bonds. The number of rotatable bonds is 4. The van der Waals surface area contributed by atoms with Crippen molar-refractivity contribution in [1.29, 1.82) is 0 Å². The molecule has 78 valence electrons. The number of hydrogen-bond acceptors (Lipinski definition) is 1. The lowest BCUT2D eigenvalue weighted by atomic mass is 10.1. The third-order valence-corrected chi connectivity index (χ3v) is 2.67. The minimum Gasteiger partial charge on any atom is -0.347 e. The number of benzene rings is 1. The molecule has 0 unspecified atom stereocenters. The Morgan fingerprint density at radius 2 is 2.20 bits per heavy atom. The number of fused-ring (bicyclic) bond motifs is 1. The van der Waals surface area contributed by atoms with Crippen LogP contribution >= 0.6 is 0 Å². The number of nitrogens with zero attached hydrogens (tertiary/aromatic N) is 1. The highest BCUT2D eigenvalue weighted by atomic mass is 15.0. The highest BCUT2D eigenvalue weighted by Crippen LogP contribution is 2.20. The molecule has 0 aliphatic rings. The summed E-state index contributed by atoms with van der Waals surface area (Å²) in [5.41, 5.74) is 8.21. The maximum absolute atomic E-state index is 5.74. The predicted octanol–water partition coefficient (Wildman–Crippen LogP) is 2.68. The van der Waals surface area contributed by atoms with Gasteiger partial charge in [-0.15, -0.1) is 6.58 Å². The molecule has 2 N–H and O–H groups in total. The molecule has 2 heteroatoms. The van der Waals surface area contributed by atoms with Gasteiger partial charge in [0.05, 0.1) is 5.52 Å². The normalized spacial score (nSPS) is 10.7. The van der Waals surface area contributed by atoms with Crippen LogP contribution in [0.2, 0.25) is 0 Å². The number of aryl methyl sites for hydroxylation is 1. The first kappa shape index (κ1) is 9.99. The van der Waals surface area contributed by atoms with Crippen molar-refractivity contribution in [3.8, 4) is 0 Å². The first-order valence-corrected chi connectivity index (χ1v) is 5.24. The van der Waals surface area contributed by atoms with Crippen LogP contribution in [0.25, 0.3) is 10.9 Å². The summed E-state index contributed by atoms with van der Waals surface area (Å²) >= 11 is 0. The quantitative estimate of drug-likeness (QED) is 0.756. The minimum absolute atomic E-state index is 0.593. The maximum atomic E-state index is 5.74. The van der Waals surface area contributed by atoms with Gasteiger partial charge in [-0.25, -0.2) is 0 Å². The molecule has 15 heavy (non-hydrogen) atoms. The Balaban J connectivity index is 2.50. The fourth-order valence-corrected chi connectivity index (χ4v) is 1.92. The Morgan fingerprint density at radius 1 is 1.33 bits per heavy atom. The molecule has 0 radical (unpaired) electrons. The van der Waals surface area contributed by atoms with Gasteiger partial charge in [0.1, 0.15) is 0 Å². The number of allylic oxidation sites excluding steroid dienone is 1. The van der Waals surface area contributed by atoms with Crippen LogP contribution < -0.4 is 5.73 Å². The van der Waals surface area contributed by atoms with E-state index in [1.54, 1.807) is 0 Å². The van der Waals surface area contributed by atoms with Crippen LogP contribution in [0.15, 0.2) is 43.1 Å². The first-order valence-electron chi connectivity index (χ1n) is 5.24. The second kappa shape index (κ2) is 4.32. The standard InChI is InChI=1S/C13H16N2/c1-2-3-8-15-9-7-11-5-4-6-12(10-14)13(11)15/h2,4-7,9H,1,3,8,10,14H2. The number of aromatic nitrogens is 1. The number of para-hydroxylation sites is 1. The summed E-state index contributed by atoms with van der Waals surface area (Å²) in [6, 6.07) is 8.41. The molecule has 0 atom stereocenters. The highest BCUT2D eigenvalue weighted by Gasteiger charge is 2.04. The van der Waals surface area contributed by atoms with Crippen molar-refractivity contribution in [2.45, 2.75) is 19.5 Å². The Labute approximate surface area is 90.0 Å². The molecule has 2 rings (SSSR count). The van der Waals surface area contributed by atoms with Crippen molar-refractivity contribution in [3.63, 3.8) is 0 Å². The van der Waals surface area contributed by atoms with E-state index < -0.39 is 0 Å². The lowest BCUT2D eigenvalue weighted by molar-refractivity contribution is 0.736. The van der Waals surface area contributed by atoms with Crippen molar-refractivity contribution in [2.24, 2.45) is 5.73 Å². The molecule has 0 fully saturated rings. The Morgan fingerprint density at radius 3 is 2.93 bits per heavy atom. The van der Waals surface area contributed by atoms with E-state index in [9.17, 15) is 0 Å². The fraction of sp³-hybridized carbons (Fsp3) is 0.231. The van der Waals surface area contributed by atoms with Crippen molar-refractivity contribution in [2.75, 3.05) is 0 Å². The summed E-state index contributed by atoms with van der Waals surface area (Å²) in [6.45, 7) is 5.31. The maximum Gasteiger partial charge on any atom is 0.0525 e. The Bertz CT molecular complexity index is 468. The summed E-state index contributed by atoms with van der Waals surface area (Å²) < 4.78 is 2.25. The van der Waals surface area contributed by atoms with E-state index >= 15 is 0 Å². The average Bonchev–Trinajstić information content (AvgIpc) is 2.69. The van der Waals surface area contributed by atoms with Crippen LogP contribution in [0.1, 0.15) is 12.0 Å². The second-order valence-electron chi connectivity index (χ2n) is 3.65. The zero-order valence-corrected chi connectivity index (χ0v) is 8.82. The van der Waals surface area contributed by atoms with E-state index in [0.29, 0.717) is 6.54 Å². The van der Waals surface area contributed by atoms with Crippen molar-refractivity contribution < 1.29 is 0 Å². The van der Waals surface area contributed by atoms with Gasteiger partial charge in [0, 0.05) is 19.3 Å².